The molecule has 1 aliphatic rings. The van der Waals surface area contributed by atoms with Crippen LogP contribution in [-0.2, 0) is 4.74 Å². The number of nitrogens with one attached hydrogen (secondary N) is 1. The third kappa shape index (κ3) is 4.00. The number of hydrogen-bond acceptors (Lipinski definition) is 2. The molecule has 1 rings (SSSR count). The van der Waals surface area contributed by atoms with Crippen molar-refractivity contribution in [2.24, 2.45) is 4.99 Å². The van der Waals surface area contributed by atoms with E-state index in [4.69, 9.17) is 4.74 Å². The molecule has 0 spiro atoms. The molecule has 0 unspecified atom stereocenters. The maximum absolute atomic E-state index is 5.64. The minimum absolute atomic E-state index is 0.450. The van der Waals surface area contributed by atoms with Crippen molar-refractivity contribution in [3.63, 3.8) is 0 Å². The first kappa shape index (κ1) is 13.3. The van der Waals surface area contributed by atoms with Gasteiger partial charge in [0, 0.05) is 33.3 Å². The molecule has 0 amide bonds. The molecule has 4 nitrogen and oxygen atoms in total. The molecule has 0 aromatic rings. The smallest absolute Gasteiger partial charge is 0.193 e. The summed E-state index contributed by atoms with van der Waals surface area (Å²) >= 11 is 0. The molecule has 0 bridgehead atoms. The predicted molar refractivity (Wildman–Crippen MR) is 67.9 cm³/mol. The van der Waals surface area contributed by atoms with Crippen LogP contribution in [0.4, 0.5) is 0 Å². The Kier molecular flexibility index (Phi) is 6.23. The number of piperidine rings is 1. The third-order valence-electron chi connectivity index (χ3n) is 2.89. The lowest BCUT2D eigenvalue weighted by Crippen LogP contribution is -2.47. The zero-order valence-electron chi connectivity index (χ0n) is 10.8. The van der Waals surface area contributed by atoms with Crippen LogP contribution in [0.1, 0.15) is 33.1 Å². The SMILES string of the molecule is CCCNC(=NC)N1CCC(OCC)CC1. The molecule has 1 aliphatic heterocycles. The molecule has 1 N–H and O–H groups in total. The number of aliphatic imine (C=N–C) groups is 1. The zero-order chi connectivity index (χ0) is 11.8. The Labute approximate surface area is 99.1 Å². The fraction of sp³-hybridized carbons (Fsp3) is 0.917. The summed E-state index contributed by atoms with van der Waals surface area (Å²) in [6, 6.07) is 0. The second kappa shape index (κ2) is 7.49. The normalized spacial score (nSPS) is 18.9. The van der Waals surface area contributed by atoms with Crippen molar-refractivity contribution in [3.8, 4) is 0 Å². The van der Waals surface area contributed by atoms with Gasteiger partial charge in [0.25, 0.3) is 0 Å². The highest BCUT2D eigenvalue weighted by atomic mass is 16.5. The van der Waals surface area contributed by atoms with Crippen LogP contribution in [-0.4, -0.2) is 50.3 Å². The van der Waals surface area contributed by atoms with Crippen molar-refractivity contribution < 1.29 is 4.74 Å². The maximum Gasteiger partial charge on any atom is 0.193 e. The average Bonchev–Trinajstić information content (AvgIpc) is 2.32. The number of hydrogen-bond donors (Lipinski definition) is 1. The van der Waals surface area contributed by atoms with Crippen molar-refractivity contribution in [1.82, 2.24) is 10.2 Å². The van der Waals surface area contributed by atoms with Crippen molar-refractivity contribution in [2.75, 3.05) is 33.3 Å². The quantitative estimate of drug-likeness (QED) is 0.584. The Balaban J connectivity index is 2.33. The Bertz CT molecular complexity index is 210. The van der Waals surface area contributed by atoms with Crippen LogP contribution in [0.5, 0.6) is 0 Å². The van der Waals surface area contributed by atoms with E-state index in [9.17, 15) is 0 Å². The second-order valence-electron chi connectivity index (χ2n) is 4.12. The number of likely N-dealkylation sites (tertiary alicyclic amines) is 1. The van der Waals surface area contributed by atoms with E-state index in [1.165, 1.54) is 0 Å². The number of ether oxygens (including phenoxy) is 1. The molecule has 1 heterocycles. The lowest BCUT2D eigenvalue weighted by Gasteiger charge is -2.34. The van der Waals surface area contributed by atoms with Crippen LogP contribution < -0.4 is 5.32 Å². The fourth-order valence-corrected chi connectivity index (χ4v) is 2.04. The van der Waals surface area contributed by atoms with E-state index in [0.29, 0.717) is 6.10 Å². The largest absolute Gasteiger partial charge is 0.378 e. The molecule has 0 atom stereocenters. The van der Waals surface area contributed by atoms with E-state index in [1.807, 2.05) is 7.05 Å². The molecule has 4 heteroatoms. The van der Waals surface area contributed by atoms with E-state index >= 15 is 0 Å². The monoisotopic (exact) mass is 227 g/mol. The van der Waals surface area contributed by atoms with Gasteiger partial charge in [0.2, 0.25) is 0 Å². The highest BCUT2D eigenvalue weighted by molar-refractivity contribution is 5.79. The third-order valence-corrected chi connectivity index (χ3v) is 2.89. The van der Waals surface area contributed by atoms with Gasteiger partial charge < -0.3 is 15.0 Å². The first-order valence-electron chi connectivity index (χ1n) is 6.39. The van der Waals surface area contributed by atoms with E-state index in [1.54, 1.807) is 0 Å². The Hall–Kier alpha value is -0.770. The van der Waals surface area contributed by atoms with E-state index in [-0.39, 0.29) is 0 Å². The number of guanidine groups is 1. The fourth-order valence-electron chi connectivity index (χ4n) is 2.04. The van der Waals surface area contributed by atoms with Crippen molar-refractivity contribution in [1.29, 1.82) is 0 Å². The van der Waals surface area contributed by atoms with Gasteiger partial charge in [-0.3, -0.25) is 4.99 Å². The summed E-state index contributed by atoms with van der Waals surface area (Å²) in [5.41, 5.74) is 0. The molecule has 0 aromatic heterocycles. The second-order valence-corrected chi connectivity index (χ2v) is 4.12. The van der Waals surface area contributed by atoms with Gasteiger partial charge in [0.05, 0.1) is 6.10 Å². The Morgan fingerprint density at radius 2 is 2.06 bits per heavy atom. The molecule has 94 valence electrons. The van der Waals surface area contributed by atoms with E-state index in [0.717, 1.165) is 51.5 Å². The molecule has 16 heavy (non-hydrogen) atoms. The Morgan fingerprint density at radius 3 is 2.56 bits per heavy atom. The average molecular weight is 227 g/mol. The Morgan fingerprint density at radius 1 is 1.38 bits per heavy atom. The van der Waals surface area contributed by atoms with Crippen LogP contribution in [0.15, 0.2) is 4.99 Å². The molecule has 0 saturated carbocycles. The maximum atomic E-state index is 5.64. The summed E-state index contributed by atoms with van der Waals surface area (Å²) in [4.78, 5) is 6.64. The lowest BCUT2D eigenvalue weighted by atomic mass is 10.1. The van der Waals surface area contributed by atoms with Crippen LogP contribution in [0.3, 0.4) is 0 Å². The predicted octanol–water partition coefficient (Wildman–Crippen LogP) is 1.47. The van der Waals surface area contributed by atoms with Crippen molar-refractivity contribution in [2.45, 2.75) is 39.2 Å². The number of nitrogens with zero attached hydrogens (tertiary/aromatic N) is 2. The summed E-state index contributed by atoms with van der Waals surface area (Å²) in [6.45, 7) is 8.16. The van der Waals surface area contributed by atoms with E-state index < -0.39 is 0 Å². The molecular formula is C12H25N3O. The lowest BCUT2D eigenvalue weighted by molar-refractivity contribution is 0.0264. The number of rotatable bonds is 4. The minimum Gasteiger partial charge on any atom is -0.378 e. The van der Waals surface area contributed by atoms with Crippen LogP contribution in [0.25, 0.3) is 0 Å². The summed E-state index contributed by atoms with van der Waals surface area (Å²) < 4.78 is 5.64. The van der Waals surface area contributed by atoms with Gasteiger partial charge in [-0.15, -0.1) is 0 Å². The molecular weight excluding hydrogens is 202 g/mol. The van der Waals surface area contributed by atoms with Gasteiger partial charge in [-0.2, -0.15) is 0 Å². The summed E-state index contributed by atoms with van der Waals surface area (Å²) in [7, 11) is 1.85. The first-order chi connectivity index (χ1) is 7.81. The molecule has 0 aromatic carbocycles. The first-order valence-corrected chi connectivity index (χ1v) is 6.39. The van der Waals surface area contributed by atoms with Crippen LogP contribution in [0, 0.1) is 0 Å². The van der Waals surface area contributed by atoms with Gasteiger partial charge in [-0.1, -0.05) is 6.92 Å². The van der Waals surface area contributed by atoms with Crippen LogP contribution >= 0.6 is 0 Å². The van der Waals surface area contributed by atoms with Crippen molar-refractivity contribution in [3.05, 3.63) is 0 Å². The van der Waals surface area contributed by atoms with Gasteiger partial charge >= 0.3 is 0 Å². The van der Waals surface area contributed by atoms with Gasteiger partial charge in [0.15, 0.2) is 5.96 Å². The molecule has 1 saturated heterocycles. The van der Waals surface area contributed by atoms with Crippen LogP contribution in [0.2, 0.25) is 0 Å². The van der Waals surface area contributed by atoms with Gasteiger partial charge in [0.1, 0.15) is 0 Å². The molecule has 0 aliphatic carbocycles. The minimum atomic E-state index is 0.450. The summed E-state index contributed by atoms with van der Waals surface area (Å²) in [5, 5.41) is 3.37. The topological polar surface area (TPSA) is 36.9 Å². The summed E-state index contributed by atoms with van der Waals surface area (Å²) in [6.07, 6.45) is 3.81. The molecule has 1 fully saturated rings. The van der Waals surface area contributed by atoms with Gasteiger partial charge in [-0.25, -0.2) is 0 Å². The van der Waals surface area contributed by atoms with Gasteiger partial charge in [-0.05, 0) is 26.2 Å². The standard InChI is InChI=1S/C12H25N3O/c1-4-8-14-12(13-3)15-9-6-11(7-10-15)16-5-2/h11H,4-10H2,1-3H3,(H,13,14). The summed E-state index contributed by atoms with van der Waals surface area (Å²) in [5.74, 6) is 1.04. The molecule has 0 radical (unpaired) electrons. The van der Waals surface area contributed by atoms with E-state index in [2.05, 4.69) is 29.1 Å². The zero-order valence-corrected chi connectivity index (χ0v) is 10.8. The highest BCUT2D eigenvalue weighted by Gasteiger charge is 2.21. The van der Waals surface area contributed by atoms with Crippen molar-refractivity contribution >= 4 is 5.96 Å². The highest BCUT2D eigenvalue weighted by Crippen LogP contribution is 2.13.